The van der Waals surface area contributed by atoms with Crippen molar-refractivity contribution in [3.63, 3.8) is 0 Å². The molecule has 0 aromatic heterocycles. The Bertz CT molecular complexity index is 1040. The number of hydrogen-bond acceptors (Lipinski definition) is 8. The second-order valence-corrected chi connectivity index (χ2v) is 5.75. The molecule has 3 rings (SSSR count). The molecule has 0 amide bonds. The van der Waals surface area contributed by atoms with Gasteiger partial charge in [-0.15, -0.1) is 0 Å². The SMILES string of the molecule is O.O=[N+]([O-])c1cc([N+](=O)[O-])c(N(Nc2ccccc2)c2ccccc2)c([N+](=O)[O-])c1. The van der Waals surface area contributed by atoms with Gasteiger partial charge in [-0.1, -0.05) is 36.4 Å². The van der Waals surface area contributed by atoms with Gasteiger partial charge in [-0.25, -0.2) is 5.01 Å². The highest BCUT2D eigenvalue weighted by atomic mass is 16.6. The van der Waals surface area contributed by atoms with Crippen LogP contribution in [0.4, 0.5) is 34.1 Å². The summed E-state index contributed by atoms with van der Waals surface area (Å²) >= 11 is 0. The number of nitrogens with one attached hydrogen (secondary N) is 1. The zero-order valence-corrected chi connectivity index (χ0v) is 15.2. The maximum absolute atomic E-state index is 11.7. The van der Waals surface area contributed by atoms with Gasteiger partial charge in [0.05, 0.1) is 38.3 Å². The fourth-order valence-electron chi connectivity index (χ4n) is 2.67. The van der Waals surface area contributed by atoms with E-state index in [4.69, 9.17) is 0 Å². The van der Waals surface area contributed by atoms with Crippen molar-refractivity contribution in [2.75, 3.05) is 10.4 Å². The van der Waals surface area contributed by atoms with E-state index in [0.29, 0.717) is 23.5 Å². The highest BCUT2D eigenvalue weighted by Gasteiger charge is 2.35. The van der Waals surface area contributed by atoms with Gasteiger partial charge in [-0.05, 0) is 24.3 Å². The molecule has 0 aliphatic rings. The van der Waals surface area contributed by atoms with Crippen molar-refractivity contribution in [2.24, 2.45) is 0 Å². The van der Waals surface area contributed by atoms with Gasteiger partial charge in [0, 0.05) is 0 Å². The fraction of sp³-hybridized carbons (Fsp3) is 0. The number of hydrazine groups is 1. The van der Waals surface area contributed by atoms with Crippen molar-refractivity contribution >= 4 is 34.1 Å². The monoisotopic (exact) mass is 413 g/mol. The van der Waals surface area contributed by atoms with Crippen LogP contribution in [-0.4, -0.2) is 20.2 Å². The molecule has 3 aromatic rings. The van der Waals surface area contributed by atoms with Crippen molar-refractivity contribution < 1.29 is 20.2 Å². The second-order valence-electron chi connectivity index (χ2n) is 5.75. The third-order valence-corrected chi connectivity index (χ3v) is 3.91. The maximum Gasteiger partial charge on any atom is 0.308 e. The number of non-ortho nitro benzene ring substituents is 1. The Kier molecular flexibility index (Phi) is 6.57. The summed E-state index contributed by atoms with van der Waals surface area (Å²) in [7, 11) is 0. The number of nitro benzene ring substituents is 3. The van der Waals surface area contributed by atoms with Crippen LogP contribution in [0.1, 0.15) is 0 Å². The van der Waals surface area contributed by atoms with Crippen LogP contribution in [0.15, 0.2) is 72.8 Å². The number of nitro groups is 3. The first-order chi connectivity index (χ1) is 13.9. The molecule has 12 nitrogen and oxygen atoms in total. The van der Waals surface area contributed by atoms with Crippen LogP contribution in [0, 0.1) is 30.3 Å². The first kappa shape index (κ1) is 21.7. The van der Waals surface area contributed by atoms with E-state index >= 15 is 0 Å². The van der Waals surface area contributed by atoms with Crippen LogP contribution in [0.2, 0.25) is 0 Å². The van der Waals surface area contributed by atoms with Gasteiger partial charge in [-0.2, -0.15) is 0 Å². The van der Waals surface area contributed by atoms with Crippen LogP contribution >= 0.6 is 0 Å². The lowest BCUT2D eigenvalue weighted by atomic mass is 10.1. The van der Waals surface area contributed by atoms with Crippen LogP contribution in [0.25, 0.3) is 0 Å². The van der Waals surface area contributed by atoms with E-state index in [1.807, 2.05) is 0 Å². The van der Waals surface area contributed by atoms with Gasteiger partial charge in [-0.3, -0.25) is 35.8 Å². The summed E-state index contributed by atoms with van der Waals surface area (Å²) in [6, 6.07) is 18.1. The average Bonchev–Trinajstić information content (AvgIpc) is 2.72. The number of nitrogens with zero attached hydrogens (tertiary/aromatic N) is 4. The second kappa shape index (κ2) is 9.07. The Morgan fingerprint density at radius 3 is 1.60 bits per heavy atom. The smallest absolute Gasteiger partial charge is 0.308 e. The highest BCUT2D eigenvalue weighted by Crippen LogP contribution is 2.43. The van der Waals surface area contributed by atoms with Gasteiger partial charge >= 0.3 is 11.4 Å². The summed E-state index contributed by atoms with van der Waals surface area (Å²) in [5, 5.41) is 35.6. The molecule has 3 N–H and O–H groups in total. The molecule has 0 fully saturated rings. The number of hydrogen-bond donors (Lipinski definition) is 1. The molecular formula is C18H15N5O7. The molecule has 0 unspecified atom stereocenters. The topological polar surface area (TPSA) is 176 Å². The van der Waals surface area contributed by atoms with Crippen LogP contribution in [-0.2, 0) is 0 Å². The third-order valence-electron chi connectivity index (χ3n) is 3.91. The minimum atomic E-state index is -0.915. The number of benzene rings is 3. The maximum atomic E-state index is 11.7. The molecule has 0 radical (unpaired) electrons. The van der Waals surface area contributed by atoms with Gasteiger partial charge in [0.1, 0.15) is 0 Å². The summed E-state index contributed by atoms with van der Waals surface area (Å²) in [5.74, 6) is 0. The lowest BCUT2D eigenvalue weighted by molar-refractivity contribution is -0.402. The van der Waals surface area contributed by atoms with E-state index in [2.05, 4.69) is 5.43 Å². The molecular weight excluding hydrogens is 398 g/mol. The Morgan fingerprint density at radius 1 is 0.700 bits per heavy atom. The van der Waals surface area contributed by atoms with Crippen molar-refractivity contribution in [3.8, 4) is 0 Å². The van der Waals surface area contributed by atoms with Crippen molar-refractivity contribution in [1.29, 1.82) is 0 Å². The lowest BCUT2D eigenvalue weighted by Gasteiger charge is -2.25. The zero-order chi connectivity index (χ0) is 21.0. The predicted octanol–water partition coefficient (Wildman–Crippen LogP) is 3.75. The van der Waals surface area contributed by atoms with Crippen molar-refractivity contribution in [3.05, 3.63) is 103 Å². The fourth-order valence-corrected chi connectivity index (χ4v) is 2.67. The first-order valence-electron chi connectivity index (χ1n) is 8.16. The summed E-state index contributed by atoms with van der Waals surface area (Å²) < 4.78 is 0. The van der Waals surface area contributed by atoms with E-state index in [1.54, 1.807) is 60.7 Å². The number of rotatable bonds is 7. The Labute approximate surface area is 168 Å². The summed E-state index contributed by atoms with van der Waals surface area (Å²) in [6.45, 7) is 0. The highest BCUT2D eigenvalue weighted by molar-refractivity contribution is 5.84. The third kappa shape index (κ3) is 4.45. The Balaban J connectivity index is 0.00000320. The first-order valence-corrected chi connectivity index (χ1v) is 8.16. The molecule has 30 heavy (non-hydrogen) atoms. The molecule has 0 aliphatic heterocycles. The molecule has 12 heteroatoms. The molecule has 0 saturated carbocycles. The van der Waals surface area contributed by atoms with Crippen LogP contribution in [0.3, 0.4) is 0 Å². The molecule has 0 heterocycles. The van der Waals surface area contributed by atoms with E-state index in [-0.39, 0.29) is 5.48 Å². The normalized spacial score (nSPS) is 9.87. The number of para-hydroxylation sites is 2. The molecule has 0 spiro atoms. The van der Waals surface area contributed by atoms with E-state index in [9.17, 15) is 30.3 Å². The van der Waals surface area contributed by atoms with Crippen molar-refractivity contribution in [2.45, 2.75) is 0 Å². The van der Waals surface area contributed by atoms with Gasteiger partial charge in [0.15, 0.2) is 0 Å². The molecule has 0 bridgehead atoms. The molecule has 0 atom stereocenters. The van der Waals surface area contributed by atoms with Crippen LogP contribution < -0.4 is 10.4 Å². The van der Waals surface area contributed by atoms with Gasteiger partial charge < -0.3 is 5.48 Å². The zero-order valence-electron chi connectivity index (χ0n) is 15.2. The molecule has 0 saturated heterocycles. The molecule has 3 aromatic carbocycles. The molecule has 0 aliphatic carbocycles. The minimum absolute atomic E-state index is 0. The standard InChI is InChI=1S/C18H13N5O6.H2O/c24-21(25)15-11-16(22(26)27)18(17(12-15)23(28)29)20(14-9-5-2-6-10-14)19-13-7-3-1-4-8-13;/h1-12,19H;1H2. The van der Waals surface area contributed by atoms with Gasteiger partial charge in [0.25, 0.3) is 5.69 Å². The van der Waals surface area contributed by atoms with E-state index in [1.165, 1.54) is 0 Å². The lowest BCUT2D eigenvalue weighted by Crippen LogP contribution is -2.26. The summed E-state index contributed by atoms with van der Waals surface area (Å²) in [6.07, 6.45) is 0. The Hall–Kier alpha value is -4.58. The quantitative estimate of drug-likeness (QED) is 0.449. The van der Waals surface area contributed by atoms with Gasteiger partial charge in [0.2, 0.25) is 5.69 Å². The predicted molar refractivity (Wildman–Crippen MR) is 109 cm³/mol. The van der Waals surface area contributed by atoms with Crippen molar-refractivity contribution in [1.82, 2.24) is 0 Å². The average molecular weight is 413 g/mol. The summed E-state index contributed by atoms with van der Waals surface area (Å²) in [4.78, 5) is 31.8. The largest absolute Gasteiger partial charge is 0.412 e. The van der Waals surface area contributed by atoms with E-state index in [0.717, 1.165) is 5.01 Å². The van der Waals surface area contributed by atoms with E-state index < -0.39 is 37.5 Å². The van der Waals surface area contributed by atoms with Crippen LogP contribution in [0.5, 0.6) is 0 Å². The minimum Gasteiger partial charge on any atom is -0.412 e. The Morgan fingerprint density at radius 2 is 1.17 bits per heavy atom. The summed E-state index contributed by atoms with van der Waals surface area (Å²) in [5.41, 5.74) is 1.02. The number of anilines is 3. The molecule has 154 valence electrons.